The number of rotatable bonds is 7. The number of imidazole rings is 1. The van der Waals surface area contributed by atoms with Crippen LogP contribution in [0.4, 0.5) is 10.1 Å². The van der Waals surface area contributed by atoms with Crippen molar-refractivity contribution in [3.8, 4) is 5.75 Å². The highest BCUT2D eigenvalue weighted by Crippen LogP contribution is 2.21. The maximum Gasteiger partial charge on any atom is 0.259 e. The minimum absolute atomic E-state index is 0.243. The molecule has 0 aliphatic heterocycles. The topological polar surface area (TPSA) is 56.2 Å². The molecule has 0 unspecified atom stereocenters. The smallest absolute Gasteiger partial charge is 0.259 e. The van der Waals surface area contributed by atoms with Gasteiger partial charge in [-0.2, -0.15) is 0 Å². The van der Waals surface area contributed by atoms with Gasteiger partial charge in [-0.15, -0.1) is 0 Å². The number of halogens is 1. The van der Waals surface area contributed by atoms with Crippen LogP contribution in [0.15, 0.2) is 85.2 Å². The van der Waals surface area contributed by atoms with E-state index in [9.17, 15) is 9.18 Å². The lowest BCUT2D eigenvalue weighted by Gasteiger charge is -2.12. The number of nitrogens with one attached hydrogen (secondary N) is 1. The highest BCUT2D eigenvalue weighted by Gasteiger charge is 2.13. The van der Waals surface area contributed by atoms with Gasteiger partial charge in [0, 0.05) is 24.6 Å². The van der Waals surface area contributed by atoms with Gasteiger partial charge in [-0.1, -0.05) is 36.4 Å². The zero-order chi connectivity index (χ0) is 21.6. The molecule has 1 amide bonds. The number of hydrogen-bond acceptors (Lipinski definition) is 3. The van der Waals surface area contributed by atoms with E-state index in [4.69, 9.17) is 4.74 Å². The Morgan fingerprint density at radius 1 is 1.00 bits per heavy atom. The van der Waals surface area contributed by atoms with Gasteiger partial charge in [-0.05, 0) is 54.4 Å². The van der Waals surface area contributed by atoms with E-state index < -0.39 is 0 Å². The SMILES string of the molecule is Cc1nccn1Cc1ccc(NC(=O)c2ccccc2OCc2ccc(F)cc2)cc1. The van der Waals surface area contributed by atoms with Gasteiger partial charge in [0.15, 0.2) is 0 Å². The van der Waals surface area contributed by atoms with Crippen LogP contribution in [0, 0.1) is 12.7 Å². The maximum absolute atomic E-state index is 13.1. The van der Waals surface area contributed by atoms with Crippen LogP contribution in [0.25, 0.3) is 0 Å². The van der Waals surface area contributed by atoms with Crippen LogP contribution in [0.3, 0.4) is 0 Å². The second-order valence-corrected chi connectivity index (χ2v) is 7.16. The Kier molecular flexibility index (Phi) is 6.08. The molecule has 0 spiro atoms. The summed E-state index contributed by atoms with van der Waals surface area (Å²) in [6.07, 6.45) is 3.72. The highest BCUT2D eigenvalue weighted by molar-refractivity contribution is 6.06. The van der Waals surface area contributed by atoms with Gasteiger partial charge >= 0.3 is 0 Å². The Balaban J connectivity index is 1.41. The molecule has 0 saturated heterocycles. The van der Waals surface area contributed by atoms with E-state index >= 15 is 0 Å². The molecule has 6 heteroatoms. The predicted octanol–water partition coefficient (Wildman–Crippen LogP) is 5.21. The van der Waals surface area contributed by atoms with Crippen molar-refractivity contribution in [2.75, 3.05) is 5.32 Å². The van der Waals surface area contributed by atoms with Crippen LogP contribution in [-0.4, -0.2) is 15.5 Å². The summed E-state index contributed by atoms with van der Waals surface area (Å²) in [4.78, 5) is 17.1. The van der Waals surface area contributed by atoms with Crippen LogP contribution in [-0.2, 0) is 13.2 Å². The molecule has 1 heterocycles. The third kappa shape index (κ3) is 5.17. The number of ether oxygens (including phenoxy) is 1. The third-order valence-corrected chi connectivity index (χ3v) is 4.93. The maximum atomic E-state index is 13.1. The number of carbonyl (C=O) groups is 1. The first kappa shape index (κ1) is 20.3. The zero-order valence-electron chi connectivity index (χ0n) is 17.1. The largest absolute Gasteiger partial charge is 0.488 e. The Hall–Kier alpha value is -3.93. The zero-order valence-corrected chi connectivity index (χ0v) is 17.1. The first-order valence-corrected chi connectivity index (χ1v) is 9.93. The Morgan fingerprint density at radius 3 is 2.42 bits per heavy atom. The number of amides is 1. The monoisotopic (exact) mass is 415 g/mol. The lowest BCUT2D eigenvalue weighted by atomic mass is 10.1. The average molecular weight is 415 g/mol. The lowest BCUT2D eigenvalue weighted by Crippen LogP contribution is -2.13. The predicted molar refractivity (Wildman–Crippen MR) is 118 cm³/mol. The van der Waals surface area contributed by atoms with Crippen molar-refractivity contribution < 1.29 is 13.9 Å². The van der Waals surface area contributed by atoms with Crippen LogP contribution < -0.4 is 10.1 Å². The molecule has 1 aromatic heterocycles. The van der Waals surface area contributed by atoms with E-state index in [1.54, 1.807) is 36.5 Å². The van der Waals surface area contributed by atoms with Gasteiger partial charge in [-0.3, -0.25) is 4.79 Å². The van der Waals surface area contributed by atoms with Crippen LogP contribution in [0.5, 0.6) is 5.75 Å². The first-order chi connectivity index (χ1) is 15.1. The van der Waals surface area contributed by atoms with Crippen molar-refractivity contribution in [3.05, 3.63) is 114 Å². The lowest BCUT2D eigenvalue weighted by molar-refractivity contribution is 0.102. The van der Waals surface area contributed by atoms with Crippen molar-refractivity contribution in [1.29, 1.82) is 0 Å². The standard InChI is InChI=1S/C25H22FN3O2/c1-18-27-14-15-29(18)16-19-8-12-22(13-9-19)28-25(30)23-4-2-3-5-24(23)31-17-20-6-10-21(26)11-7-20/h2-15H,16-17H2,1H3,(H,28,30). The summed E-state index contributed by atoms with van der Waals surface area (Å²) < 4.78 is 20.9. The number of anilines is 1. The Labute approximate surface area is 180 Å². The second kappa shape index (κ2) is 9.26. The number of carbonyl (C=O) groups excluding carboxylic acids is 1. The van der Waals surface area contributed by atoms with Crippen molar-refractivity contribution >= 4 is 11.6 Å². The molecule has 0 radical (unpaired) electrons. The van der Waals surface area contributed by atoms with E-state index in [2.05, 4.69) is 14.9 Å². The van der Waals surface area contributed by atoms with Crippen LogP contribution in [0.1, 0.15) is 27.3 Å². The third-order valence-electron chi connectivity index (χ3n) is 4.93. The van der Waals surface area contributed by atoms with E-state index in [1.165, 1.54) is 12.1 Å². The van der Waals surface area contributed by atoms with Gasteiger partial charge in [0.1, 0.15) is 24.0 Å². The molecule has 0 aliphatic rings. The second-order valence-electron chi connectivity index (χ2n) is 7.16. The molecule has 0 aliphatic carbocycles. The van der Waals surface area contributed by atoms with Gasteiger partial charge in [-0.25, -0.2) is 9.37 Å². The van der Waals surface area contributed by atoms with E-state index in [0.29, 0.717) is 17.0 Å². The van der Waals surface area contributed by atoms with Crippen LogP contribution >= 0.6 is 0 Å². The van der Waals surface area contributed by atoms with Crippen molar-refractivity contribution in [2.45, 2.75) is 20.1 Å². The Bertz CT molecular complexity index is 1170. The number of nitrogens with zero attached hydrogens (tertiary/aromatic N) is 2. The van der Waals surface area contributed by atoms with Gasteiger partial charge in [0.05, 0.1) is 5.56 Å². The molecule has 0 fully saturated rings. The Morgan fingerprint density at radius 2 is 1.71 bits per heavy atom. The quantitative estimate of drug-likeness (QED) is 0.451. The average Bonchev–Trinajstić information content (AvgIpc) is 3.19. The molecule has 1 N–H and O–H groups in total. The number of aromatic nitrogens is 2. The van der Waals surface area contributed by atoms with E-state index in [-0.39, 0.29) is 18.3 Å². The summed E-state index contributed by atoms with van der Waals surface area (Å²) in [5.74, 6) is 0.869. The van der Waals surface area contributed by atoms with Crippen molar-refractivity contribution in [2.24, 2.45) is 0 Å². The van der Waals surface area contributed by atoms with Gasteiger partial charge in [0.25, 0.3) is 5.91 Å². The summed E-state index contributed by atoms with van der Waals surface area (Å²) in [6.45, 7) is 2.93. The molecule has 0 saturated carbocycles. The van der Waals surface area contributed by atoms with Gasteiger partial charge < -0.3 is 14.6 Å². The molecule has 5 nitrogen and oxygen atoms in total. The first-order valence-electron chi connectivity index (χ1n) is 9.93. The summed E-state index contributed by atoms with van der Waals surface area (Å²) in [7, 11) is 0. The molecule has 156 valence electrons. The summed E-state index contributed by atoms with van der Waals surface area (Å²) in [5, 5.41) is 2.91. The van der Waals surface area contributed by atoms with Crippen LogP contribution in [0.2, 0.25) is 0 Å². The highest BCUT2D eigenvalue weighted by atomic mass is 19.1. The molecule has 4 aromatic rings. The number of benzene rings is 3. The van der Waals surface area contributed by atoms with E-state index in [0.717, 1.165) is 23.5 Å². The number of aryl methyl sites for hydroxylation is 1. The molecule has 4 rings (SSSR count). The minimum atomic E-state index is -0.297. The summed E-state index contributed by atoms with van der Waals surface area (Å²) in [6, 6.07) is 20.8. The summed E-state index contributed by atoms with van der Waals surface area (Å²) >= 11 is 0. The molecule has 0 bridgehead atoms. The number of hydrogen-bond donors (Lipinski definition) is 1. The fourth-order valence-corrected chi connectivity index (χ4v) is 3.18. The molecule has 0 atom stereocenters. The van der Waals surface area contributed by atoms with Crippen molar-refractivity contribution in [1.82, 2.24) is 9.55 Å². The fraction of sp³-hybridized carbons (Fsp3) is 0.120. The fourth-order valence-electron chi connectivity index (χ4n) is 3.18. The molecular weight excluding hydrogens is 393 g/mol. The minimum Gasteiger partial charge on any atom is -0.488 e. The van der Waals surface area contributed by atoms with Crippen molar-refractivity contribution in [3.63, 3.8) is 0 Å². The van der Waals surface area contributed by atoms with E-state index in [1.807, 2.05) is 43.5 Å². The molecule has 31 heavy (non-hydrogen) atoms. The molecule has 3 aromatic carbocycles. The normalized spacial score (nSPS) is 10.6. The summed E-state index contributed by atoms with van der Waals surface area (Å²) in [5.41, 5.74) is 3.06. The van der Waals surface area contributed by atoms with Gasteiger partial charge in [0.2, 0.25) is 0 Å². The number of para-hydroxylation sites is 1. The molecular formula is C25H22FN3O2.